The summed E-state index contributed by atoms with van der Waals surface area (Å²) in [6.07, 6.45) is 14.8. The van der Waals surface area contributed by atoms with Crippen molar-refractivity contribution in [2.75, 3.05) is 0 Å². The van der Waals surface area contributed by atoms with E-state index < -0.39 is 0 Å². The van der Waals surface area contributed by atoms with Crippen molar-refractivity contribution in [3.8, 4) is 12.1 Å². The van der Waals surface area contributed by atoms with Gasteiger partial charge in [0.05, 0.1) is 0 Å². The molecule has 0 bridgehead atoms. The maximum absolute atomic E-state index is 8.96. The summed E-state index contributed by atoms with van der Waals surface area (Å²) in [5.41, 5.74) is 3.47. The van der Waals surface area contributed by atoms with Gasteiger partial charge in [0.2, 0.25) is 0 Å². The molecule has 0 heterocycles. The zero-order valence-electron chi connectivity index (χ0n) is 9.48. The predicted octanol–water partition coefficient (Wildman–Crippen LogP) is 3.49. The monoisotopic (exact) mass is 220 g/mol. The number of hydrogen-bond acceptors (Lipinski definition) is 2. The van der Waals surface area contributed by atoms with Gasteiger partial charge in [0.1, 0.15) is 17.7 Å². The van der Waals surface area contributed by atoms with Crippen LogP contribution in [-0.2, 0) is 0 Å². The molecule has 82 valence electrons. The molecule has 0 aliphatic heterocycles. The molecule has 1 fully saturated rings. The van der Waals surface area contributed by atoms with E-state index in [2.05, 4.69) is 0 Å². The van der Waals surface area contributed by atoms with E-state index in [1.807, 2.05) is 48.6 Å². The second kappa shape index (κ2) is 5.14. The van der Waals surface area contributed by atoms with Gasteiger partial charge in [-0.05, 0) is 36.0 Å². The molecule has 2 aliphatic carbocycles. The molecule has 0 unspecified atom stereocenters. The number of rotatable bonds is 0. The minimum absolute atomic E-state index is 0.268. The van der Waals surface area contributed by atoms with Gasteiger partial charge in [-0.1, -0.05) is 36.5 Å². The molecule has 0 amide bonds. The SMILES string of the molecule is N#CC(C#N)=C1CCCC1=C1C=CC=CC=C1. The van der Waals surface area contributed by atoms with E-state index >= 15 is 0 Å². The van der Waals surface area contributed by atoms with Gasteiger partial charge < -0.3 is 0 Å². The molecule has 17 heavy (non-hydrogen) atoms. The summed E-state index contributed by atoms with van der Waals surface area (Å²) in [4.78, 5) is 0. The van der Waals surface area contributed by atoms with E-state index in [0.717, 1.165) is 36.0 Å². The van der Waals surface area contributed by atoms with Crippen molar-refractivity contribution in [2.24, 2.45) is 0 Å². The van der Waals surface area contributed by atoms with Crippen LogP contribution in [-0.4, -0.2) is 0 Å². The normalized spacial score (nSPS) is 17.9. The highest BCUT2D eigenvalue weighted by Crippen LogP contribution is 2.35. The predicted molar refractivity (Wildman–Crippen MR) is 66.5 cm³/mol. The van der Waals surface area contributed by atoms with Gasteiger partial charge in [0.25, 0.3) is 0 Å². The minimum atomic E-state index is 0.268. The lowest BCUT2D eigenvalue weighted by Gasteiger charge is -2.04. The molecule has 0 radical (unpaired) electrons. The lowest BCUT2D eigenvalue weighted by molar-refractivity contribution is 0.930. The molecule has 0 aromatic heterocycles. The van der Waals surface area contributed by atoms with E-state index in [1.54, 1.807) is 0 Å². The molecule has 1 saturated carbocycles. The average Bonchev–Trinajstić information content (AvgIpc) is 2.66. The third-order valence-corrected chi connectivity index (χ3v) is 2.98. The van der Waals surface area contributed by atoms with Gasteiger partial charge in [0, 0.05) is 0 Å². The summed E-state index contributed by atoms with van der Waals surface area (Å²) >= 11 is 0. The highest BCUT2D eigenvalue weighted by molar-refractivity contribution is 5.56. The third kappa shape index (κ3) is 2.27. The summed E-state index contributed by atoms with van der Waals surface area (Å²) in [5, 5.41) is 17.9. The number of allylic oxidation sites excluding steroid dienone is 10. The van der Waals surface area contributed by atoms with E-state index in [-0.39, 0.29) is 5.57 Å². The Morgan fingerprint density at radius 2 is 1.59 bits per heavy atom. The van der Waals surface area contributed by atoms with Crippen LogP contribution in [0.5, 0.6) is 0 Å². The summed E-state index contributed by atoms with van der Waals surface area (Å²) in [7, 11) is 0. The van der Waals surface area contributed by atoms with Crippen LogP contribution in [0.25, 0.3) is 0 Å². The van der Waals surface area contributed by atoms with Crippen LogP contribution < -0.4 is 0 Å². The Morgan fingerprint density at radius 1 is 0.941 bits per heavy atom. The zero-order valence-corrected chi connectivity index (χ0v) is 9.48. The lowest BCUT2D eigenvalue weighted by atomic mass is 9.98. The van der Waals surface area contributed by atoms with Crippen LogP contribution in [0.1, 0.15) is 19.3 Å². The largest absolute Gasteiger partial charge is 0.192 e. The van der Waals surface area contributed by atoms with Crippen LogP contribution in [0.4, 0.5) is 0 Å². The second-order valence-corrected chi connectivity index (χ2v) is 3.97. The van der Waals surface area contributed by atoms with E-state index in [9.17, 15) is 0 Å². The Hall–Kier alpha value is -2.32. The second-order valence-electron chi connectivity index (χ2n) is 3.97. The first-order chi connectivity index (χ1) is 8.36. The maximum atomic E-state index is 8.96. The number of nitriles is 2. The van der Waals surface area contributed by atoms with Crippen molar-refractivity contribution in [2.45, 2.75) is 19.3 Å². The molecular weight excluding hydrogens is 208 g/mol. The third-order valence-electron chi connectivity index (χ3n) is 2.98. The topological polar surface area (TPSA) is 47.6 Å². The molecular formula is C15H12N2. The summed E-state index contributed by atoms with van der Waals surface area (Å²) in [6, 6.07) is 4.00. The van der Waals surface area contributed by atoms with Crippen LogP contribution in [0.15, 0.2) is 58.7 Å². The Kier molecular flexibility index (Phi) is 3.38. The highest BCUT2D eigenvalue weighted by atomic mass is 14.3. The van der Waals surface area contributed by atoms with E-state index in [4.69, 9.17) is 10.5 Å². The number of nitrogens with zero attached hydrogens (tertiary/aromatic N) is 2. The van der Waals surface area contributed by atoms with Crippen molar-refractivity contribution in [3.63, 3.8) is 0 Å². The first kappa shape index (κ1) is 11.2. The van der Waals surface area contributed by atoms with Crippen LogP contribution in [0, 0.1) is 22.7 Å². The Labute approximate surface area is 101 Å². The van der Waals surface area contributed by atoms with Gasteiger partial charge in [-0.3, -0.25) is 0 Å². The fourth-order valence-corrected chi connectivity index (χ4v) is 2.20. The van der Waals surface area contributed by atoms with Crippen molar-refractivity contribution in [3.05, 3.63) is 58.7 Å². The smallest absolute Gasteiger partial charge is 0.133 e. The highest BCUT2D eigenvalue weighted by Gasteiger charge is 2.20. The molecule has 0 N–H and O–H groups in total. The molecule has 2 nitrogen and oxygen atoms in total. The van der Waals surface area contributed by atoms with Crippen molar-refractivity contribution in [1.29, 1.82) is 10.5 Å². The quantitative estimate of drug-likeness (QED) is 0.586. The average molecular weight is 220 g/mol. The molecule has 0 spiro atoms. The Morgan fingerprint density at radius 3 is 2.18 bits per heavy atom. The van der Waals surface area contributed by atoms with Crippen LogP contribution >= 0.6 is 0 Å². The first-order valence-electron chi connectivity index (χ1n) is 5.65. The van der Waals surface area contributed by atoms with E-state index in [1.165, 1.54) is 0 Å². The summed E-state index contributed by atoms with van der Waals surface area (Å²) in [6.45, 7) is 0. The minimum Gasteiger partial charge on any atom is -0.192 e. The van der Waals surface area contributed by atoms with Crippen LogP contribution in [0.3, 0.4) is 0 Å². The molecule has 2 rings (SSSR count). The van der Waals surface area contributed by atoms with Gasteiger partial charge in [-0.2, -0.15) is 10.5 Å². The van der Waals surface area contributed by atoms with Crippen molar-refractivity contribution in [1.82, 2.24) is 0 Å². The zero-order chi connectivity index (χ0) is 12.1. The standard InChI is InChI=1S/C15H12N2/c16-10-13(11-17)15-9-5-8-14(15)12-6-3-1-2-4-7-12/h1-4,6-7H,5,8-9H2. The first-order valence-corrected chi connectivity index (χ1v) is 5.65. The number of hydrogen-bond donors (Lipinski definition) is 0. The van der Waals surface area contributed by atoms with Crippen molar-refractivity contribution >= 4 is 0 Å². The van der Waals surface area contributed by atoms with E-state index in [0.29, 0.717) is 0 Å². The van der Waals surface area contributed by atoms with Crippen molar-refractivity contribution < 1.29 is 0 Å². The molecule has 2 heteroatoms. The molecule has 0 saturated heterocycles. The fourth-order valence-electron chi connectivity index (χ4n) is 2.20. The molecule has 0 atom stereocenters. The molecule has 0 aromatic rings. The fraction of sp³-hybridized carbons (Fsp3) is 0.200. The molecule has 2 aliphatic rings. The Balaban J connectivity index is 2.53. The Bertz CT molecular complexity index is 521. The molecule has 0 aromatic carbocycles. The summed E-state index contributed by atoms with van der Waals surface area (Å²) in [5.74, 6) is 0. The lowest BCUT2D eigenvalue weighted by Crippen LogP contribution is -1.89. The van der Waals surface area contributed by atoms with Gasteiger partial charge in [0.15, 0.2) is 0 Å². The maximum Gasteiger partial charge on any atom is 0.133 e. The van der Waals surface area contributed by atoms with Gasteiger partial charge >= 0.3 is 0 Å². The van der Waals surface area contributed by atoms with Crippen LogP contribution in [0.2, 0.25) is 0 Å². The van der Waals surface area contributed by atoms with Gasteiger partial charge in [-0.15, -0.1) is 0 Å². The van der Waals surface area contributed by atoms with Gasteiger partial charge in [-0.25, -0.2) is 0 Å². The summed E-state index contributed by atoms with van der Waals surface area (Å²) < 4.78 is 0.